The van der Waals surface area contributed by atoms with Crippen LogP contribution < -0.4 is 5.32 Å². The molecule has 2 aromatic rings. The Hall–Kier alpha value is -2.33. The number of rotatable bonds is 11. The van der Waals surface area contributed by atoms with E-state index in [1.54, 1.807) is 12.1 Å². The van der Waals surface area contributed by atoms with Crippen molar-refractivity contribution in [1.29, 1.82) is 0 Å². The number of nitrogens with zero attached hydrogens (tertiary/aromatic N) is 3. The third-order valence-electron chi connectivity index (χ3n) is 5.20. The lowest BCUT2D eigenvalue weighted by Gasteiger charge is -2.34. The van der Waals surface area contributed by atoms with Crippen LogP contribution in [0, 0.1) is 11.7 Å². The van der Waals surface area contributed by atoms with Gasteiger partial charge in [-0.15, -0.1) is 0 Å². The first-order chi connectivity index (χ1) is 15.4. The number of oxazole rings is 1. The zero-order chi connectivity index (χ0) is 22.9. The third kappa shape index (κ3) is 7.98. The number of nitrogens with one attached hydrogen (secondary N) is 1. The Bertz CT molecular complexity index is 835. The van der Waals surface area contributed by atoms with Gasteiger partial charge in [0.25, 0.3) is 5.91 Å². The average Bonchev–Trinajstić information content (AvgIpc) is 3.23. The highest BCUT2D eigenvalue weighted by molar-refractivity contribution is 5.91. The van der Waals surface area contributed by atoms with Crippen molar-refractivity contribution in [2.45, 2.75) is 33.0 Å². The Morgan fingerprint density at radius 1 is 1.19 bits per heavy atom. The summed E-state index contributed by atoms with van der Waals surface area (Å²) in [6.07, 6.45) is 0.877. The molecule has 3 rings (SSSR count). The summed E-state index contributed by atoms with van der Waals surface area (Å²) in [5.41, 5.74) is 1.03. The number of aliphatic hydroxyl groups excluding tert-OH is 1. The van der Waals surface area contributed by atoms with E-state index in [-0.39, 0.29) is 24.0 Å². The first-order valence-electron chi connectivity index (χ1n) is 11.1. The van der Waals surface area contributed by atoms with E-state index in [4.69, 9.17) is 9.15 Å². The maximum absolute atomic E-state index is 13.0. The standard InChI is InChI=1S/C23H33FN4O4/c1-17(2)14-31-15-20(29)12-27-7-9-28(10-8-27)13-22-26-21(16-32-22)23(30)25-11-18-3-5-19(24)6-4-18/h3-6,16-17,20,29H,7-15H2,1-2H3,(H,25,30)/t20-/m0/s1. The van der Waals surface area contributed by atoms with Gasteiger partial charge in [-0.2, -0.15) is 0 Å². The first-order valence-corrected chi connectivity index (χ1v) is 11.1. The summed E-state index contributed by atoms with van der Waals surface area (Å²) >= 11 is 0. The van der Waals surface area contributed by atoms with Crippen molar-refractivity contribution in [2.75, 3.05) is 45.9 Å². The van der Waals surface area contributed by atoms with Gasteiger partial charge in [0.1, 0.15) is 12.1 Å². The van der Waals surface area contributed by atoms with Crippen molar-refractivity contribution >= 4 is 5.91 Å². The number of halogens is 1. The number of ether oxygens (including phenoxy) is 1. The van der Waals surface area contributed by atoms with E-state index in [2.05, 4.69) is 33.9 Å². The SMILES string of the molecule is CC(C)COC[C@@H](O)CN1CCN(Cc2nc(C(=O)NCc3ccc(F)cc3)co2)CC1. The van der Waals surface area contributed by atoms with E-state index in [0.717, 1.165) is 31.7 Å². The van der Waals surface area contributed by atoms with Gasteiger partial charge in [-0.3, -0.25) is 14.6 Å². The fourth-order valence-electron chi connectivity index (χ4n) is 3.47. The molecule has 0 unspecified atom stereocenters. The largest absolute Gasteiger partial charge is 0.447 e. The van der Waals surface area contributed by atoms with Crippen LogP contribution in [0.4, 0.5) is 4.39 Å². The number of hydrogen-bond acceptors (Lipinski definition) is 7. The van der Waals surface area contributed by atoms with Gasteiger partial charge < -0.3 is 19.6 Å². The highest BCUT2D eigenvalue weighted by atomic mass is 19.1. The van der Waals surface area contributed by atoms with E-state index in [9.17, 15) is 14.3 Å². The second kappa shape index (κ2) is 12.1. The molecule has 1 aromatic carbocycles. The quantitative estimate of drug-likeness (QED) is 0.543. The molecule has 8 nitrogen and oxygen atoms in total. The fraction of sp³-hybridized carbons (Fsp3) is 0.565. The lowest BCUT2D eigenvalue weighted by atomic mass is 10.2. The summed E-state index contributed by atoms with van der Waals surface area (Å²) in [7, 11) is 0. The van der Waals surface area contributed by atoms with Gasteiger partial charge >= 0.3 is 0 Å². The smallest absolute Gasteiger partial charge is 0.273 e. The van der Waals surface area contributed by atoms with Crippen LogP contribution in [0.1, 0.15) is 35.8 Å². The molecule has 1 aliphatic rings. The molecule has 2 N–H and O–H groups in total. The summed E-state index contributed by atoms with van der Waals surface area (Å²) < 4.78 is 23.9. The molecule has 0 saturated carbocycles. The molecular weight excluding hydrogens is 415 g/mol. The van der Waals surface area contributed by atoms with Crippen molar-refractivity contribution in [3.63, 3.8) is 0 Å². The number of aliphatic hydroxyl groups is 1. The van der Waals surface area contributed by atoms with Gasteiger partial charge in [-0.25, -0.2) is 9.37 Å². The van der Waals surface area contributed by atoms with Crippen LogP contribution in [-0.4, -0.2) is 77.8 Å². The van der Waals surface area contributed by atoms with Crippen molar-refractivity contribution in [3.8, 4) is 0 Å². The first kappa shape index (κ1) is 24.3. The van der Waals surface area contributed by atoms with Crippen molar-refractivity contribution < 1.29 is 23.4 Å². The van der Waals surface area contributed by atoms with Crippen LogP contribution in [0.5, 0.6) is 0 Å². The number of β-amino-alcohol motifs (C(OH)–C–C–N with tert-alkyl or cyclic N) is 1. The van der Waals surface area contributed by atoms with E-state index >= 15 is 0 Å². The molecule has 1 fully saturated rings. The number of hydrogen-bond donors (Lipinski definition) is 2. The van der Waals surface area contributed by atoms with Crippen LogP contribution in [0.25, 0.3) is 0 Å². The molecular formula is C23H33FN4O4. The van der Waals surface area contributed by atoms with Gasteiger partial charge in [0, 0.05) is 45.9 Å². The molecule has 0 spiro atoms. The highest BCUT2D eigenvalue weighted by Gasteiger charge is 2.21. The molecule has 1 aromatic heterocycles. The second-order valence-corrected chi connectivity index (χ2v) is 8.60. The topological polar surface area (TPSA) is 91.1 Å². The number of carbonyl (C=O) groups is 1. The van der Waals surface area contributed by atoms with Gasteiger partial charge in [0.15, 0.2) is 5.69 Å². The van der Waals surface area contributed by atoms with Crippen LogP contribution in [0.2, 0.25) is 0 Å². The fourth-order valence-corrected chi connectivity index (χ4v) is 3.47. The minimum Gasteiger partial charge on any atom is -0.447 e. The molecule has 1 aliphatic heterocycles. The minimum atomic E-state index is -0.483. The Balaban J connectivity index is 1.36. The van der Waals surface area contributed by atoms with Crippen LogP contribution in [-0.2, 0) is 17.8 Å². The molecule has 2 heterocycles. The number of benzene rings is 1. The minimum absolute atomic E-state index is 0.227. The van der Waals surface area contributed by atoms with E-state index < -0.39 is 6.10 Å². The van der Waals surface area contributed by atoms with Gasteiger partial charge in [0.2, 0.25) is 5.89 Å². The monoisotopic (exact) mass is 448 g/mol. The van der Waals surface area contributed by atoms with Gasteiger partial charge in [-0.1, -0.05) is 26.0 Å². The maximum Gasteiger partial charge on any atom is 0.273 e. The molecule has 1 saturated heterocycles. The predicted octanol–water partition coefficient (Wildman–Crippen LogP) is 1.89. The van der Waals surface area contributed by atoms with Gasteiger partial charge in [0.05, 0.1) is 19.3 Å². The van der Waals surface area contributed by atoms with E-state index in [0.29, 0.717) is 38.1 Å². The Kier molecular flexibility index (Phi) is 9.16. The Morgan fingerprint density at radius 2 is 1.88 bits per heavy atom. The summed E-state index contributed by atoms with van der Waals surface area (Å²) in [4.78, 5) is 21.0. The maximum atomic E-state index is 13.0. The number of carbonyl (C=O) groups excluding carboxylic acids is 1. The van der Waals surface area contributed by atoms with Crippen LogP contribution >= 0.6 is 0 Å². The molecule has 0 bridgehead atoms. The molecule has 176 valence electrons. The van der Waals surface area contributed by atoms with Crippen LogP contribution in [0.15, 0.2) is 34.9 Å². The molecule has 1 atom stereocenters. The molecule has 9 heteroatoms. The normalized spacial score (nSPS) is 16.4. The number of amides is 1. The Morgan fingerprint density at radius 3 is 2.56 bits per heavy atom. The highest BCUT2D eigenvalue weighted by Crippen LogP contribution is 2.10. The predicted molar refractivity (Wildman–Crippen MR) is 117 cm³/mol. The average molecular weight is 449 g/mol. The zero-order valence-corrected chi connectivity index (χ0v) is 18.8. The summed E-state index contributed by atoms with van der Waals surface area (Å²) in [6, 6.07) is 5.97. The lowest BCUT2D eigenvalue weighted by Crippen LogP contribution is -2.48. The summed E-state index contributed by atoms with van der Waals surface area (Å²) in [6.45, 7) is 9.95. The lowest BCUT2D eigenvalue weighted by molar-refractivity contribution is -0.000850. The molecule has 0 aliphatic carbocycles. The zero-order valence-electron chi connectivity index (χ0n) is 18.8. The van der Waals surface area contributed by atoms with Crippen molar-refractivity contribution in [2.24, 2.45) is 5.92 Å². The van der Waals surface area contributed by atoms with E-state index in [1.807, 2.05) is 0 Å². The van der Waals surface area contributed by atoms with Crippen molar-refractivity contribution in [3.05, 3.63) is 53.5 Å². The number of aromatic nitrogens is 1. The van der Waals surface area contributed by atoms with Crippen molar-refractivity contribution in [1.82, 2.24) is 20.1 Å². The van der Waals surface area contributed by atoms with E-state index in [1.165, 1.54) is 18.4 Å². The number of piperazine rings is 1. The summed E-state index contributed by atoms with van der Waals surface area (Å²) in [5.74, 6) is 0.312. The third-order valence-corrected chi connectivity index (χ3v) is 5.20. The Labute approximate surface area is 188 Å². The molecule has 0 radical (unpaired) electrons. The second-order valence-electron chi connectivity index (χ2n) is 8.60. The van der Waals surface area contributed by atoms with Gasteiger partial charge in [-0.05, 0) is 23.6 Å². The summed E-state index contributed by atoms with van der Waals surface area (Å²) in [5, 5.41) is 12.9. The molecule has 32 heavy (non-hydrogen) atoms. The van der Waals surface area contributed by atoms with Crippen LogP contribution in [0.3, 0.4) is 0 Å². The molecule has 1 amide bonds.